The number of anilines is 1. The van der Waals surface area contributed by atoms with Crippen molar-refractivity contribution < 1.29 is 14.3 Å². The Labute approximate surface area is 175 Å². The number of carbonyl (C=O) groups is 2. The lowest BCUT2D eigenvalue weighted by Gasteiger charge is -2.09. The SMILES string of the molecule is CCCOc1cccc(-c2cc(NC(=O)[C@@H]3CNC(=O)C3)nn2-c2ccccc2)c1. The maximum Gasteiger partial charge on any atom is 0.230 e. The monoisotopic (exact) mass is 404 g/mol. The van der Waals surface area contributed by atoms with Gasteiger partial charge >= 0.3 is 0 Å². The predicted octanol–water partition coefficient (Wildman–Crippen LogP) is 3.40. The molecule has 2 heterocycles. The molecule has 7 nitrogen and oxygen atoms in total. The van der Waals surface area contributed by atoms with Gasteiger partial charge in [-0.3, -0.25) is 9.59 Å². The lowest BCUT2D eigenvalue weighted by Crippen LogP contribution is -2.24. The van der Waals surface area contributed by atoms with Crippen molar-refractivity contribution in [3.8, 4) is 22.7 Å². The second-order valence-electron chi connectivity index (χ2n) is 7.23. The summed E-state index contributed by atoms with van der Waals surface area (Å²) < 4.78 is 7.57. The zero-order valence-corrected chi connectivity index (χ0v) is 16.8. The first kappa shape index (κ1) is 19.7. The molecule has 0 radical (unpaired) electrons. The van der Waals surface area contributed by atoms with Gasteiger partial charge in [-0.15, -0.1) is 5.10 Å². The molecule has 0 aliphatic carbocycles. The van der Waals surface area contributed by atoms with Gasteiger partial charge < -0.3 is 15.4 Å². The molecular formula is C23H24N4O3. The average Bonchev–Trinajstić information content (AvgIpc) is 3.39. The van der Waals surface area contributed by atoms with Crippen LogP contribution < -0.4 is 15.4 Å². The summed E-state index contributed by atoms with van der Waals surface area (Å²) in [5.74, 6) is 0.537. The summed E-state index contributed by atoms with van der Waals surface area (Å²) in [7, 11) is 0. The van der Waals surface area contributed by atoms with E-state index in [0.717, 1.165) is 29.1 Å². The molecule has 2 amide bonds. The quantitative estimate of drug-likeness (QED) is 0.632. The molecule has 1 aliphatic heterocycles. The molecule has 0 saturated carbocycles. The zero-order chi connectivity index (χ0) is 20.9. The Morgan fingerprint density at radius 2 is 2.03 bits per heavy atom. The zero-order valence-electron chi connectivity index (χ0n) is 16.8. The van der Waals surface area contributed by atoms with Gasteiger partial charge in [0.15, 0.2) is 5.82 Å². The van der Waals surface area contributed by atoms with E-state index in [-0.39, 0.29) is 24.2 Å². The van der Waals surface area contributed by atoms with Crippen LogP contribution in [0.25, 0.3) is 16.9 Å². The Morgan fingerprint density at radius 1 is 1.20 bits per heavy atom. The number of nitrogens with one attached hydrogen (secondary N) is 2. The first-order valence-electron chi connectivity index (χ1n) is 10.1. The highest BCUT2D eigenvalue weighted by Crippen LogP contribution is 2.29. The number of hydrogen-bond donors (Lipinski definition) is 2. The van der Waals surface area contributed by atoms with Crippen LogP contribution in [-0.2, 0) is 9.59 Å². The van der Waals surface area contributed by atoms with E-state index in [4.69, 9.17) is 4.74 Å². The Kier molecular flexibility index (Phi) is 5.79. The lowest BCUT2D eigenvalue weighted by molar-refractivity contribution is -0.123. The summed E-state index contributed by atoms with van der Waals surface area (Å²) in [5, 5.41) is 10.2. The Balaban J connectivity index is 1.67. The fourth-order valence-corrected chi connectivity index (χ4v) is 3.40. The van der Waals surface area contributed by atoms with E-state index in [1.807, 2.05) is 60.7 Å². The molecule has 0 unspecified atom stereocenters. The molecule has 1 aromatic heterocycles. The van der Waals surface area contributed by atoms with Crippen LogP contribution in [0.1, 0.15) is 19.8 Å². The van der Waals surface area contributed by atoms with Gasteiger partial charge in [0.05, 0.1) is 23.9 Å². The number of benzene rings is 2. The molecule has 1 saturated heterocycles. The highest BCUT2D eigenvalue weighted by atomic mass is 16.5. The predicted molar refractivity (Wildman–Crippen MR) is 115 cm³/mol. The molecule has 7 heteroatoms. The second-order valence-corrected chi connectivity index (χ2v) is 7.23. The van der Waals surface area contributed by atoms with Gasteiger partial charge in [-0.2, -0.15) is 0 Å². The van der Waals surface area contributed by atoms with Crippen LogP contribution in [0.2, 0.25) is 0 Å². The van der Waals surface area contributed by atoms with Gasteiger partial charge in [0.1, 0.15) is 5.75 Å². The smallest absolute Gasteiger partial charge is 0.230 e. The third kappa shape index (κ3) is 4.35. The summed E-state index contributed by atoms with van der Waals surface area (Å²) in [6, 6.07) is 19.4. The fourth-order valence-electron chi connectivity index (χ4n) is 3.40. The van der Waals surface area contributed by atoms with E-state index in [9.17, 15) is 9.59 Å². The summed E-state index contributed by atoms with van der Waals surface area (Å²) in [6.45, 7) is 3.07. The van der Waals surface area contributed by atoms with Crippen LogP contribution in [0.4, 0.5) is 5.82 Å². The van der Waals surface area contributed by atoms with Crippen LogP contribution in [0.5, 0.6) is 5.75 Å². The minimum absolute atomic E-state index is 0.102. The van der Waals surface area contributed by atoms with Crippen LogP contribution in [0, 0.1) is 5.92 Å². The molecule has 1 atom stereocenters. The molecule has 0 spiro atoms. The number of nitrogens with zero attached hydrogens (tertiary/aromatic N) is 2. The normalized spacial score (nSPS) is 15.6. The van der Waals surface area contributed by atoms with Gasteiger partial charge in [0.25, 0.3) is 0 Å². The molecule has 1 aliphatic rings. The van der Waals surface area contributed by atoms with Gasteiger partial charge in [0, 0.05) is 24.6 Å². The number of rotatable bonds is 7. The van der Waals surface area contributed by atoms with Crippen molar-refractivity contribution in [1.29, 1.82) is 0 Å². The fraction of sp³-hybridized carbons (Fsp3) is 0.261. The second kappa shape index (κ2) is 8.82. The standard InChI is InChI=1S/C23H24N4O3/c1-2-11-30-19-10-6-7-16(12-19)20-14-21(25-23(29)17-13-22(28)24-15-17)26-27(20)18-8-4-3-5-9-18/h3-10,12,14,17H,2,11,13,15H2,1H3,(H,24,28)(H,25,26,29)/t17-/m0/s1. The molecule has 3 aromatic rings. The van der Waals surface area contributed by atoms with Crippen molar-refractivity contribution in [1.82, 2.24) is 15.1 Å². The third-order valence-electron chi connectivity index (χ3n) is 4.91. The molecule has 30 heavy (non-hydrogen) atoms. The number of hydrogen-bond acceptors (Lipinski definition) is 4. The van der Waals surface area contributed by atoms with Crippen LogP contribution >= 0.6 is 0 Å². The van der Waals surface area contributed by atoms with E-state index in [0.29, 0.717) is 19.0 Å². The van der Waals surface area contributed by atoms with Gasteiger partial charge in [-0.05, 0) is 30.7 Å². The number of ether oxygens (including phenoxy) is 1. The summed E-state index contributed by atoms with van der Waals surface area (Å²) in [6.07, 6.45) is 1.13. The topological polar surface area (TPSA) is 85.2 Å². The van der Waals surface area contributed by atoms with Gasteiger partial charge in [0.2, 0.25) is 11.8 Å². The largest absolute Gasteiger partial charge is 0.494 e. The first-order valence-corrected chi connectivity index (χ1v) is 10.1. The molecule has 0 bridgehead atoms. The number of carbonyl (C=O) groups excluding carboxylic acids is 2. The minimum Gasteiger partial charge on any atom is -0.494 e. The number of para-hydroxylation sites is 1. The first-order chi connectivity index (χ1) is 14.6. The highest BCUT2D eigenvalue weighted by molar-refractivity contribution is 5.97. The van der Waals surface area contributed by atoms with Gasteiger partial charge in [-0.25, -0.2) is 4.68 Å². The summed E-state index contributed by atoms with van der Waals surface area (Å²) in [4.78, 5) is 24.0. The maximum atomic E-state index is 12.6. The van der Waals surface area contributed by atoms with Crippen molar-refractivity contribution in [3.63, 3.8) is 0 Å². The van der Waals surface area contributed by atoms with Crippen molar-refractivity contribution in [2.75, 3.05) is 18.5 Å². The van der Waals surface area contributed by atoms with Crippen LogP contribution in [0.3, 0.4) is 0 Å². The Hall–Kier alpha value is -3.61. The number of aromatic nitrogens is 2. The Morgan fingerprint density at radius 3 is 2.77 bits per heavy atom. The lowest BCUT2D eigenvalue weighted by atomic mass is 10.1. The van der Waals surface area contributed by atoms with Crippen molar-refractivity contribution in [2.24, 2.45) is 5.92 Å². The van der Waals surface area contributed by atoms with E-state index in [1.165, 1.54) is 0 Å². The van der Waals surface area contributed by atoms with E-state index < -0.39 is 0 Å². The van der Waals surface area contributed by atoms with E-state index >= 15 is 0 Å². The summed E-state index contributed by atoms with van der Waals surface area (Å²) >= 11 is 0. The third-order valence-corrected chi connectivity index (χ3v) is 4.91. The van der Waals surface area contributed by atoms with Crippen LogP contribution in [-0.4, -0.2) is 34.7 Å². The van der Waals surface area contributed by atoms with Crippen molar-refractivity contribution in [2.45, 2.75) is 19.8 Å². The van der Waals surface area contributed by atoms with Crippen LogP contribution in [0.15, 0.2) is 60.7 Å². The number of amides is 2. The van der Waals surface area contributed by atoms with Gasteiger partial charge in [-0.1, -0.05) is 37.3 Å². The average molecular weight is 404 g/mol. The molecular weight excluding hydrogens is 380 g/mol. The van der Waals surface area contributed by atoms with Crippen molar-refractivity contribution in [3.05, 3.63) is 60.7 Å². The van der Waals surface area contributed by atoms with E-state index in [2.05, 4.69) is 22.7 Å². The molecule has 154 valence electrons. The molecule has 2 aromatic carbocycles. The van der Waals surface area contributed by atoms with Crippen molar-refractivity contribution >= 4 is 17.6 Å². The maximum absolute atomic E-state index is 12.6. The molecule has 2 N–H and O–H groups in total. The highest BCUT2D eigenvalue weighted by Gasteiger charge is 2.28. The van der Waals surface area contributed by atoms with E-state index in [1.54, 1.807) is 4.68 Å². The molecule has 4 rings (SSSR count). The minimum atomic E-state index is -0.381. The molecule has 1 fully saturated rings. The summed E-state index contributed by atoms with van der Waals surface area (Å²) in [5.41, 5.74) is 2.64. The Bertz CT molecular complexity index is 1050.